The number of rotatable bonds is 6. The summed E-state index contributed by atoms with van der Waals surface area (Å²) in [6.45, 7) is 5.23. The predicted octanol–water partition coefficient (Wildman–Crippen LogP) is 3.03. The Labute approximate surface area is 213 Å². The third-order valence-corrected chi connectivity index (χ3v) is 11.0. The van der Waals surface area contributed by atoms with Gasteiger partial charge >= 0.3 is 0 Å². The van der Waals surface area contributed by atoms with Gasteiger partial charge < -0.3 is 19.8 Å². The number of likely N-dealkylation sites (N-methyl/N-ethyl adjacent to an activating group) is 1. The molecule has 6 rings (SSSR count). The topological polar surface area (TPSA) is 90.3 Å². The van der Waals surface area contributed by atoms with E-state index >= 15 is 0 Å². The van der Waals surface area contributed by atoms with Gasteiger partial charge in [-0.25, -0.2) is 8.42 Å². The molecule has 4 aliphatic rings. The van der Waals surface area contributed by atoms with Gasteiger partial charge in [-0.15, -0.1) is 0 Å². The first-order valence-electron chi connectivity index (χ1n) is 13.1. The molecule has 0 amide bonds. The first kappa shape index (κ1) is 24.2. The number of nitrogens with zero attached hydrogens (tertiary/aromatic N) is 2. The van der Waals surface area contributed by atoms with E-state index in [0.717, 1.165) is 23.2 Å². The van der Waals surface area contributed by atoms with Crippen LogP contribution in [0.25, 0.3) is 0 Å². The van der Waals surface area contributed by atoms with Gasteiger partial charge in [0.1, 0.15) is 6.10 Å². The quantitative estimate of drug-likeness (QED) is 0.619. The zero-order valence-corrected chi connectivity index (χ0v) is 22.0. The second-order valence-corrected chi connectivity index (χ2v) is 13.6. The Balaban J connectivity index is 1.48. The van der Waals surface area contributed by atoms with Gasteiger partial charge in [-0.05, 0) is 62.4 Å². The standard InChI is InChI=1S/C28H36N2O5S/c1-18(2)16-30(36(33,34)17-19-7-5-4-6-8-19)21-11-12-28(32)23-15-20-9-10-22(31)25-24(20)27(28,26(21)35-25)13-14-29(23)3/h4-10,18,21,23,26,31-32H,11-17H2,1-3H3/t21?,23-,26?,27+,28-/m1/s1. The van der Waals surface area contributed by atoms with E-state index in [0.29, 0.717) is 38.0 Å². The molecule has 36 heavy (non-hydrogen) atoms. The molecule has 1 spiro atoms. The highest BCUT2D eigenvalue weighted by Crippen LogP contribution is 2.65. The Morgan fingerprint density at radius 1 is 1.17 bits per heavy atom. The highest BCUT2D eigenvalue weighted by Gasteiger charge is 2.73. The van der Waals surface area contributed by atoms with Crippen LogP contribution in [0.15, 0.2) is 42.5 Å². The fourth-order valence-corrected chi connectivity index (χ4v) is 9.64. The van der Waals surface area contributed by atoms with E-state index in [1.165, 1.54) is 0 Å². The number of phenols is 1. The third-order valence-electron chi connectivity index (χ3n) is 9.16. The van der Waals surface area contributed by atoms with Crippen LogP contribution in [0, 0.1) is 5.92 Å². The van der Waals surface area contributed by atoms with Crippen LogP contribution < -0.4 is 4.74 Å². The summed E-state index contributed by atoms with van der Waals surface area (Å²) >= 11 is 0. The zero-order chi connectivity index (χ0) is 25.5. The lowest BCUT2D eigenvalue weighted by Gasteiger charge is -2.64. The Hall–Kier alpha value is -2.13. The lowest BCUT2D eigenvalue weighted by atomic mass is 9.48. The maximum Gasteiger partial charge on any atom is 0.218 e. The molecule has 8 heteroatoms. The number of phenolic OH excluding ortho intramolecular Hbond substituents is 1. The van der Waals surface area contributed by atoms with Crippen molar-refractivity contribution in [2.75, 3.05) is 20.1 Å². The van der Waals surface area contributed by atoms with Gasteiger partial charge in [0.25, 0.3) is 0 Å². The first-order chi connectivity index (χ1) is 17.1. The molecule has 2 bridgehead atoms. The molecule has 2 aromatic rings. The van der Waals surface area contributed by atoms with Crippen LogP contribution in [-0.4, -0.2) is 71.8 Å². The molecule has 1 saturated carbocycles. The fourth-order valence-electron chi connectivity index (χ4n) is 7.70. The molecule has 0 radical (unpaired) electrons. The molecule has 7 nitrogen and oxygen atoms in total. The van der Waals surface area contributed by atoms with Gasteiger partial charge in [0, 0.05) is 18.2 Å². The van der Waals surface area contributed by atoms with Gasteiger partial charge in [0.15, 0.2) is 11.5 Å². The SMILES string of the molecule is CC(C)CN(C1CC[C@@]2(O)[C@H]3Cc4ccc(O)c5c4[C@@]2(CCN3C)C1O5)S(=O)(=O)Cc1ccccc1. The molecule has 0 aromatic heterocycles. The predicted molar refractivity (Wildman–Crippen MR) is 138 cm³/mol. The molecule has 1 saturated heterocycles. The summed E-state index contributed by atoms with van der Waals surface area (Å²) in [5.41, 5.74) is 0.972. The number of hydrogen-bond donors (Lipinski definition) is 2. The number of sulfonamides is 1. The Morgan fingerprint density at radius 2 is 1.92 bits per heavy atom. The number of piperidine rings is 1. The van der Waals surface area contributed by atoms with Crippen LogP contribution in [0.2, 0.25) is 0 Å². The average Bonchev–Trinajstić information content (AvgIpc) is 3.18. The van der Waals surface area contributed by atoms with E-state index in [4.69, 9.17) is 4.74 Å². The highest BCUT2D eigenvalue weighted by molar-refractivity contribution is 7.88. The van der Waals surface area contributed by atoms with Crippen molar-refractivity contribution < 1.29 is 23.4 Å². The van der Waals surface area contributed by atoms with Crippen LogP contribution >= 0.6 is 0 Å². The van der Waals surface area contributed by atoms with Gasteiger partial charge in [-0.2, -0.15) is 4.31 Å². The molecular weight excluding hydrogens is 476 g/mol. The number of hydrogen-bond acceptors (Lipinski definition) is 6. The minimum Gasteiger partial charge on any atom is -0.504 e. The number of likely N-dealkylation sites (tertiary alicyclic amines) is 1. The second-order valence-electron chi connectivity index (χ2n) is 11.6. The van der Waals surface area contributed by atoms with Crippen LogP contribution in [0.1, 0.15) is 49.8 Å². The summed E-state index contributed by atoms with van der Waals surface area (Å²) < 4.78 is 36.2. The van der Waals surface area contributed by atoms with E-state index in [9.17, 15) is 18.6 Å². The van der Waals surface area contributed by atoms with E-state index in [-0.39, 0.29) is 23.5 Å². The Kier molecular flexibility index (Phi) is 5.51. The van der Waals surface area contributed by atoms with Crippen molar-refractivity contribution in [3.05, 3.63) is 59.2 Å². The summed E-state index contributed by atoms with van der Waals surface area (Å²) in [5.74, 6) is 0.558. The van der Waals surface area contributed by atoms with Crippen molar-refractivity contribution >= 4 is 10.0 Å². The third kappa shape index (κ3) is 3.24. The lowest BCUT2D eigenvalue weighted by molar-refractivity contribution is -0.192. The van der Waals surface area contributed by atoms with E-state index in [2.05, 4.69) is 11.9 Å². The molecule has 2 N–H and O–H groups in total. The minimum absolute atomic E-state index is 0.0681. The van der Waals surface area contributed by atoms with Crippen LogP contribution in [0.5, 0.6) is 11.5 Å². The van der Waals surface area contributed by atoms with Gasteiger partial charge in [-0.1, -0.05) is 50.2 Å². The van der Waals surface area contributed by atoms with Gasteiger partial charge in [0.2, 0.25) is 10.0 Å². The summed E-state index contributed by atoms with van der Waals surface area (Å²) in [6, 6.07) is 12.4. The number of aromatic hydroxyl groups is 1. The normalized spacial score (nSPS) is 33.0. The van der Waals surface area contributed by atoms with E-state index in [1.54, 1.807) is 10.4 Å². The van der Waals surface area contributed by atoms with Crippen molar-refractivity contribution in [2.45, 2.75) is 74.5 Å². The lowest BCUT2D eigenvalue weighted by Crippen LogP contribution is -2.78. The van der Waals surface area contributed by atoms with Crippen molar-refractivity contribution in [2.24, 2.45) is 5.92 Å². The molecule has 2 fully saturated rings. The molecule has 2 aliphatic heterocycles. The van der Waals surface area contributed by atoms with Gasteiger partial charge in [-0.3, -0.25) is 0 Å². The van der Waals surface area contributed by atoms with E-state index in [1.807, 2.05) is 50.2 Å². The van der Waals surface area contributed by atoms with Gasteiger partial charge in [0.05, 0.1) is 22.8 Å². The first-order valence-corrected chi connectivity index (χ1v) is 14.7. The highest BCUT2D eigenvalue weighted by atomic mass is 32.2. The van der Waals surface area contributed by atoms with Crippen LogP contribution in [-0.2, 0) is 27.6 Å². The molecule has 2 unspecified atom stereocenters. The van der Waals surface area contributed by atoms with Crippen molar-refractivity contribution in [1.29, 1.82) is 0 Å². The monoisotopic (exact) mass is 512 g/mol. The number of benzene rings is 2. The Morgan fingerprint density at radius 3 is 2.64 bits per heavy atom. The minimum atomic E-state index is -3.68. The van der Waals surface area contributed by atoms with Crippen LogP contribution in [0.3, 0.4) is 0 Å². The average molecular weight is 513 g/mol. The van der Waals surface area contributed by atoms with Crippen molar-refractivity contribution in [3.8, 4) is 11.5 Å². The van der Waals surface area contributed by atoms with Crippen LogP contribution in [0.4, 0.5) is 0 Å². The van der Waals surface area contributed by atoms with Crippen molar-refractivity contribution in [3.63, 3.8) is 0 Å². The summed E-state index contributed by atoms with van der Waals surface area (Å²) in [5, 5.41) is 23.2. The number of ether oxygens (including phenoxy) is 1. The summed E-state index contributed by atoms with van der Waals surface area (Å²) in [7, 11) is -1.61. The Bertz CT molecular complexity index is 1280. The molecular formula is C28H36N2O5S. The fraction of sp³-hybridized carbons (Fsp3) is 0.571. The van der Waals surface area contributed by atoms with E-state index < -0.39 is 33.2 Å². The second kappa shape index (κ2) is 8.18. The molecule has 2 aromatic carbocycles. The zero-order valence-electron chi connectivity index (χ0n) is 21.2. The summed E-state index contributed by atoms with van der Waals surface area (Å²) in [6.07, 6.45) is 1.81. The number of aliphatic hydroxyl groups is 1. The molecule has 5 atom stereocenters. The maximum atomic E-state index is 14.0. The molecule has 2 aliphatic carbocycles. The maximum absolute atomic E-state index is 14.0. The molecule has 2 heterocycles. The van der Waals surface area contributed by atoms with Crippen molar-refractivity contribution in [1.82, 2.24) is 9.21 Å². The largest absolute Gasteiger partial charge is 0.504 e. The molecule has 194 valence electrons. The smallest absolute Gasteiger partial charge is 0.218 e. The summed E-state index contributed by atoms with van der Waals surface area (Å²) in [4.78, 5) is 2.24.